The molecule has 2 N–H and O–H groups in total. The van der Waals surface area contributed by atoms with Crippen LogP contribution in [0.1, 0.15) is 5.56 Å². The molecule has 0 heterocycles. The topological polar surface area (TPSA) is 44.5 Å². The SMILES string of the molecule is COc1ccc(CC(N)CF)cc1OC. The van der Waals surface area contributed by atoms with E-state index >= 15 is 0 Å². The van der Waals surface area contributed by atoms with Crippen LogP contribution >= 0.6 is 0 Å². The predicted molar refractivity (Wildman–Crippen MR) is 57.2 cm³/mol. The van der Waals surface area contributed by atoms with Gasteiger partial charge in [-0.3, -0.25) is 0 Å². The number of hydrogen-bond donors (Lipinski definition) is 1. The van der Waals surface area contributed by atoms with Gasteiger partial charge in [0, 0.05) is 6.04 Å². The van der Waals surface area contributed by atoms with E-state index in [0.717, 1.165) is 5.56 Å². The van der Waals surface area contributed by atoms with Gasteiger partial charge in [-0.15, -0.1) is 0 Å². The van der Waals surface area contributed by atoms with E-state index in [1.165, 1.54) is 0 Å². The van der Waals surface area contributed by atoms with Gasteiger partial charge in [0.05, 0.1) is 14.2 Å². The Morgan fingerprint density at radius 1 is 1.27 bits per heavy atom. The monoisotopic (exact) mass is 213 g/mol. The molecule has 0 spiro atoms. The van der Waals surface area contributed by atoms with Crippen LogP contribution in [0.5, 0.6) is 11.5 Å². The summed E-state index contributed by atoms with van der Waals surface area (Å²) in [5.74, 6) is 1.30. The maximum Gasteiger partial charge on any atom is 0.160 e. The van der Waals surface area contributed by atoms with E-state index < -0.39 is 12.7 Å². The van der Waals surface area contributed by atoms with Crippen LogP contribution in [0.15, 0.2) is 18.2 Å². The Labute approximate surface area is 89.0 Å². The number of alkyl halides is 1. The van der Waals surface area contributed by atoms with Crippen LogP contribution < -0.4 is 15.2 Å². The molecule has 1 aromatic rings. The molecule has 0 bridgehead atoms. The van der Waals surface area contributed by atoms with Crippen molar-refractivity contribution in [1.82, 2.24) is 0 Å². The Bertz CT molecular complexity index is 317. The fourth-order valence-corrected chi connectivity index (χ4v) is 1.36. The summed E-state index contributed by atoms with van der Waals surface area (Å²) in [5, 5.41) is 0. The van der Waals surface area contributed by atoms with Gasteiger partial charge in [-0.25, -0.2) is 4.39 Å². The summed E-state index contributed by atoms with van der Waals surface area (Å²) in [7, 11) is 3.14. The molecule has 15 heavy (non-hydrogen) atoms. The van der Waals surface area contributed by atoms with Crippen molar-refractivity contribution in [3.05, 3.63) is 23.8 Å². The standard InChI is InChI=1S/C11H16FNO2/c1-14-10-4-3-8(5-9(13)7-12)6-11(10)15-2/h3-4,6,9H,5,7,13H2,1-2H3. The summed E-state index contributed by atoms with van der Waals surface area (Å²) in [6, 6.07) is 5.01. The minimum Gasteiger partial charge on any atom is -0.493 e. The van der Waals surface area contributed by atoms with Crippen molar-refractivity contribution in [1.29, 1.82) is 0 Å². The van der Waals surface area contributed by atoms with E-state index in [-0.39, 0.29) is 0 Å². The second-order valence-electron chi connectivity index (χ2n) is 3.31. The maximum absolute atomic E-state index is 12.2. The number of hydrogen-bond acceptors (Lipinski definition) is 3. The fraction of sp³-hybridized carbons (Fsp3) is 0.455. The van der Waals surface area contributed by atoms with Crippen molar-refractivity contribution in [2.45, 2.75) is 12.5 Å². The number of rotatable bonds is 5. The summed E-state index contributed by atoms with van der Waals surface area (Å²) >= 11 is 0. The maximum atomic E-state index is 12.2. The van der Waals surface area contributed by atoms with E-state index in [1.54, 1.807) is 20.3 Å². The average Bonchev–Trinajstić information content (AvgIpc) is 2.28. The lowest BCUT2D eigenvalue weighted by Crippen LogP contribution is -2.24. The zero-order valence-corrected chi connectivity index (χ0v) is 9.00. The van der Waals surface area contributed by atoms with Crippen LogP contribution in [0.4, 0.5) is 4.39 Å². The van der Waals surface area contributed by atoms with E-state index in [9.17, 15) is 4.39 Å². The number of nitrogens with two attached hydrogens (primary N) is 1. The van der Waals surface area contributed by atoms with Crippen molar-refractivity contribution in [2.75, 3.05) is 20.9 Å². The van der Waals surface area contributed by atoms with E-state index in [1.807, 2.05) is 12.1 Å². The first-order valence-electron chi connectivity index (χ1n) is 4.73. The molecule has 4 heteroatoms. The highest BCUT2D eigenvalue weighted by molar-refractivity contribution is 5.43. The van der Waals surface area contributed by atoms with Gasteiger partial charge in [0.25, 0.3) is 0 Å². The third-order valence-corrected chi connectivity index (χ3v) is 2.14. The summed E-state index contributed by atoms with van der Waals surface area (Å²) in [4.78, 5) is 0. The van der Waals surface area contributed by atoms with Crippen molar-refractivity contribution < 1.29 is 13.9 Å². The van der Waals surface area contributed by atoms with Gasteiger partial charge in [0.2, 0.25) is 0 Å². The van der Waals surface area contributed by atoms with Gasteiger partial charge in [0.15, 0.2) is 11.5 Å². The molecule has 1 unspecified atom stereocenters. The molecule has 0 fully saturated rings. The molecular weight excluding hydrogens is 197 g/mol. The molecule has 1 rings (SSSR count). The smallest absolute Gasteiger partial charge is 0.160 e. The van der Waals surface area contributed by atoms with Gasteiger partial charge in [-0.05, 0) is 24.1 Å². The van der Waals surface area contributed by atoms with Crippen molar-refractivity contribution in [3.8, 4) is 11.5 Å². The molecule has 0 aliphatic heterocycles. The highest BCUT2D eigenvalue weighted by Crippen LogP contribution is 2.27. The van der Waals surface area contributed by atoms with E-state index in [2.05, 4.69) is 0 Å². The van der Waals surface area contributed by atoms with Gasteiger partial charge < -0.3 is 15.2 Å². The molecule has 0 aliphatic rings. The molecule has 0 aliphatic carbocycles. The van der Waals surface area contributed by atoms with E-state index in [4.69, 9.17) is 15.2 Å². The molecule has 0 saturated carbocycles. The molecule has 0 amide bonds. The molecule has 84 valence electrons. The zero-order chi connectivity index (χ0) is 11.3. The van der Waals surface area contributed by atoms with Crippen molar-refractivity contribution >= 4 is 0 Å². The number of halogens is 1. The molecular formula is C11H16FNO2. The predicted octanol–water partition coefficient (Wildman–Crippen LogP) is 1.54. The van der Waals surface area contributed by atoms with Gasteiger partial charge in [0.1, 0.15) is 6.67 Å². The molecule has 1 aromatic carbocycles. The Hall–Kier alpha value is -1.29. The molecule has 1 atom stereocenters. The zero-order valence-electron chi connectivity index (χ0n) is 9.00. The molecule has 0 radical (unpaired) electrons. The molecule has 0 saturated heterocycles. The van der Waals surface area contributed by atoms with Crippen LogP contribution in [0, 0.1) is 0 Å². The Morgan fingerprint density at radius 2 is 1.93 bits per heavy atom. The number of benzene rings is 1. The summed E-state index contributed by atoms with van der Waals surface area (Å²) in [6.45, 7) is -0.519. The molecule has 3 nitrogen and oxygen atoms in total. The van der Waals surface area contributed by atoms with E-state index in [0.29, 0.717) is 17.9 Å². The van der Waals surface area contributed by atoms with Gasteiger partial charge >= 0.3 is 0 Å². The first kappa shape index (κ1) is 11.8. The Balaban J connectivity index is 2.83. The van der Waals surface area contributed by atoms with Crippen molar-refractivity contribution in [3.63, 3.8) is 0 Å². The summed E-state index contributed by atoms with van der Waals surface area (Å²) < 4.78 is 22.4. The minimum atomic E-state index is -0.519. The lowest BCUT2D eigenvalue weighted by atomic mass is 10.1. The highest BCUT2D eigenvalue weighted by Gasteiger charge is 2.07. The number of ether oxygens (including phenoxy) is 2. The third-order valence-electron chi connectivity index (χ3n) is 2.14. The lowest BCUT2D eigenvalue weighted by molar-refractivity contribution is 0.354. The summed E-state index contributed by atoms with van der Waals surface area (Å²) in [5.41, 5.74) is 6.46. The third kappa shape index (κ3) is 3.09. The Kier molecular flexibility index (Phi) is 4.37. The average molecular weight is 213 g/mol. The summed E-state index contributed by atoms with van der Waals surface area (Å²) in [6.07, 6.45) is 0.497. The molecule has 0 aromatic heterocycles. The van der Waals surface area contributed by atoms with Gasteiger partial charge in [-0.2, -0.15) is 0 Å². The minimum absolute atomic E-state index is 0.455. The van der Waals surface area contributed by atoms with Crippen LogP contribution in [0.25, 0.3) is 0 Å². The number of methoxy groups -OCH3 is 2. The Morgan fingerprint density at radius 3 is 2.47 bits per heavy atom. The second kappa shape index (κ2) is 5.56. The first-order chi connectivity index (χ1) is 7.21. The second-order valence-corrected chi connectivity index (χ2v) is 3.31. The van der Waals surface area contributed by atoms with Crippen LogP contribution in [-0.4, -0.2) is 26.9 Å². The highest BCUT2D eigenvalue weighted by atomic mass is 19.1. The lowest BCUT2D eigenvalue weighted by Gasteiger charge is -2.11. The van der Waals surface area contributed by atoms with Crippen molar-refractivity contribution in [2.24, 2.45) is 5.73 Å². The van der Waals surface area contributed by atoms with Crippen LogP contribution in [-0.2, 0) is 6.42 Å². The van der Waals surface area contributed by atoms with Crippen LogP contribution in [0.3, 0.4) is 0 Å². The first-order valence-corrected chi connectivity index (χ1v) is 4.73. The normalized spacial score (nSPS) is 12.3. The van der Waals surface area contributed by atoms with Gasteiger partial charge in [-0.1, -0.05) is 6.07 Å². The van der Waals surface area contributed by atoms with Crippen LogP contribution in [0.2, 0.25) is 0 Å². The quantitative estimate of drug-likeness (QED) is 0.807. The largest absolute Gasteiger partial charge is 0.493 e. The fourth-order valence-electron chi connectivity index (χ4n) is 1.36.